The molecule has 4 nitrogen and oxygen atoms in total. The minimum absolute atomic E-state index is 0.140. The van der Waals surface area contributed by atoms with Crippen LogP contribution in [0.2, 0.25) is 0 Å². The number of nitrogens with zero attached hydrogens (tertiary/aromatic N) is 1. The topological polar surface area (TPSA) is 53.7 Å². The Labute approximate surface area is 113 Å². The van der Waals surface area contributed by atoms with E-state index in [1.807, 2.05) is 6.07 Å². The van der Waals surface area contributed by atoms with Crippen molar-refractivity contribution >= 4 is 21.8 Å². The molecule has 0 saturated carbocycles. The molecular formula is C13H12BrNO3. The lowest BCUT2D eigenvalue weighted by molar-refractivity contribution is 0.0783. The fourth-order valence-corrected chi connectivity index (χ4v) is 2.06. The van der Waals surface area contributed by atoms with Crippen molar-refractivity contribution in [2.75, 3.05) is 7.05 Å². The Morgan fingerprint density at radius 2 is 2.22 bits per heavy atom. The van der Waals surface area contributed by atoms with E-state index >= 15 is 0 Å². The van der Waals surface area contributed by atoms with E-state index in [0.29, 0.717) is 16.8 Å². The third kappa shape index (κ3) is 2.73. The molecular weight excluding hydrogens is 298 g/mol. The van der Waals surface area contributed by atoms with Crippen molar-refractivity contribution in [1.29, 1.82) is 0 Å². The number of hydrogen-bond donors (Lipinski definition) is 1. The van der Waals surface area contributed by atoms with Gasteiger partial charge in [0.05, 0.1) is 11.8 Å². The summed E-state index contributed by atoms with van der Waals surface area (Å²) in [7, 11) is 1.70. The first-order valence-corrected chi connectivity index (χ1v) is 6.13. The maximum atomic E-state index is 12.1. The molecule has 94 valence electrons. The highest BCUT2D eigenvalue weighted by Crippen LogP contribution is 2.20. The van der Waals surface area contributed by atoms with Crippen molar-refractivity contribution in [3.63, 3.8) is 0 Å². The van der Waals surface area contributed by atoms with Crippen LogP contribution >= 0.6 is 15.9 Å². The number of phenols is 1. The minimum Gasteiger partial charge on any atom is -0.508 e. The van der Waals surface area contributed by atoms with E-state index in [1.54, 1.807) is 36.2 Å². The maximum Gasteiger partial charge on any atom is 0.258 e. The van der Waals surface area contributed by atoms with Crippen molar-refractivity contribution in [2.45, 2.75) is 6.54 Å². The lowest BCUT2D eigenvalue weighted by Crippen LogP contribution is -2.26. The molecule has 2 rings (SSSR count). The molecule has 0 radical (unpaired) electrons. The van der Waals surface area contributed by atoms with E-state index in [-0.39, 0.29) is 11.7 Å². The van der Waals surface area contributed by atoms with Gasteiger partial charge < -0.3 is 14.4 Å². The lowest BCUT2D eigenvalue weighted by Gasteiger charge is -2.16. The highest BCUT2D eigenvalue weighted by atomic mass is 79.9. The van der Waals surface area contributed by atoms with Crippen LogP contribution in [0.15, 0.2) is 45.7 Å². The Morgan fingerprint density at radius 1 is 1.44 bits per heavy atom. The number of phenolic OH excluding ortho intramolecular Hbond substituents is 1. The zero-order chi connectivity index (χ0) is 13.1. The summed E-state index contributed by atoms with van der Waals surface area (Å²) in [4.78, 5) is 13.6. The van der Waals surface area contributed by atoms with E-state index in [2.05, 4.69) is 15.9 Å². The molecule has 18 heavy (non-hydrogen) atoms. The van der Waals surface area contributed by atoms with Gasteiger partial charge in [-0.1, -0.05) is 12.1 Å². The molecule has 2 aromatic rings. The van der Waals surface area contributed by atoms with Crippen LogP contribution < -0.4 is 0 Å². The van der Waals surface area contributed by atoms with E-state index < -0.39 is 0 Å². The number of rotatable bonds is 3. The van der Waals surface area contributed by atoms with Gasteiger partial charge in [-0.2, -0.15) is 0 Å². The second-order valence-electron chi connectivity index (χ2n) is 3.94. The Bertz CT molecular complexity index is 565. The summed E-state index contributed by atoms with van der Waals surface area (Å²) in [5, 5.41) is 9.37. The van der Waals surface area contributed by atoms with Gasteiger partial charge in [-0.15, -0.1) is 0 Å². The van der Waals surface area contributed by atoms with Crippen LogP contribution in [0.1, 0.15) is 15.9 Å². The summed E-state index contributed by atoms with van der Waals surface area (Å²) in [6.45, 7) is 0.421. The van der Waals surface area contributed by atoms with Gasteiger partial charge in [0.15, 0.2) is 4.67 Å². The minimum atomic E-state index is -0.140. The van der Waals surface area contributed by atoms with Gasteiger partial charge in [0.2, 0.25) is 0 Å². The fourth-order valence-electron chi connectivity index (χ4n) is 1.65. The highest BCUT2D eigenvalue weighted by molar-refractivity contribution is 9.10. The number of aromatic hydroxyl groups is 1. The quantitative estimate of drug-likeness (QED) is 0.948. The van der Waals surface area contributed by atoms with E-state index in [1.165, 1.54) is 6.26 Å². The first-order valence-electron chi connectivity index (χ1n) is 5.34. The molecule has 5 heteroatoms. The zero-order valence-electron chi connectivity index (χ0n) is 9.76. The van der Waals surface area contributed by atoms with Crippen LogP contribution in [0.5, 0.6) is 5.75 Å². The van der Waals surface area contributed by atoms with Crippen molar-refractivity contribution in [3.8, 4) is 5.75 Å². The average molecular weight is 310 g/mol. The standard InChI is InChI=1S/C13H12BrNO3/c1-15(8-9-3-2-4-10(16)7-9)13(17)11-5-6-18-12(11)14/h2-7,16H,8H2,1H3. The van der Waals surface area contributed by atoms with E-state index in [9.17, 15) is 9.90 Å². The molecule has 1 heterocycles. The Balaban J connectivity index is 2.11. The summed E-state index contributed by atoms with van der Waals surface area (Å²) in [5.41, 5.74) is 1.35. The van der Waals surface area contributed by atoms with Gasteiger partial charge in [0, 0.05) is 13.6 Å². The molecule has 0 spiro atoms. The number of furan rings is 1. The maximum absolute atomic E-state index is 12.1. The molecule has 0 atom stereocenters. The van der Waals surface area contributed by atoms with E-state index in [4.69, 9.17) is 4.42 Å². The number of carbonyl (C=O) groups is 1. The van der Waals surface area contributed by atoms with Crippen LogP contribution in [-0.2, 0) is 6.54 Å². The fraction of sp³-hybridized carbons (Fsp3) is 0.154. The largest absolute Gasteiger partial charge is 0.508 e. The number of halogens is 1. The molecule has 0 bridgehead atoms. The van der Waals surface area contributed by atoms with Crippen LogP contribution in [0.4, 0.5) is 0 Å². The molecule has 0 saturated heterocycles. The molecule has 0 fully saturated rings. The van der Waals surface area contributed by atoms with Gasteiger partial charge in [-0.05, 0) is 39.7 Å². The van der Waals surface area contributed by atoms with Crippen LogP contribution in [0.3, 0.4) is 0 Å². The summed E-state index contributed by atoms with van der Waals surface area (Å²) in [6.07, 6.45) is 1.46. The van der Waals surface area contributed by atoms with Crippen molar-refractivity contribution in [3.05, 3.63) is 52.4 Å². The van der Waals surface area contributed by atoms with Crippen molar-refractivity contribution < 1.29 is 14.3 Å². The monoisotopic (exact) mass is 309 g/mol. The highest BCUT2D eigenvalue weighted by Gasteiger charge is 2.17. The zero-order valence-corrected chi connectivity index (χ0v) is 11.3. The molecule has 0 unspecified atom stereocenters. The van der Waals surface area contributed by atoms with Crippen LogP contribution in [0.25, 0.3) is 0 Å². The predicted molar refractivity (Wildman–Crippen MR) is 70.3 cm³/mol. The summed E-state index contributed by atoms with van der Waals surface area (Å²) in [6, 6.07) is 8.45. The van der Waals surface area contributed by atoms with Gasteiger partial charge in [0.25, 0.3) is 5.91 Å². The van der Waals surface area contributed by atoms with Gasteiger partial charge in [-0.3, -0.25) is 4.79 Å². The molecule has 1 N–H and O–H groups in total. The Morgan fingerprint density at radius 3 is 2.83 bits per heavy atom. The molecule has 0 aliphatic carbocycles. The summed E-state index contributed by atoms with van der Waals surface area (Å²) in [5.74, 6) is 0.0526. The van der Waals surface area contributed by atoms with Crippen LogP contribution in [-0.4, -0.2) is 23.0 Å². The smallest absolute Gasteiger partial charge is 0.258 e. The van der Waals surface area contributed by atoms with Crippen molar-refractivity contribution in [2.24, 2.45) is 0 Å². The molecule has 1 aromatic carbocycles. The SMILES string of the molecule is CN(Cc1cccc(O)c1)C(=O)c1ccoc1Br. The summed E-state index contributed by atoms with van der Waals surface area (Å²) < 4.78 is 5.46. The number of hydrogen-bond acceptors (Lipinski definition) is 3. The van der Waals surface area contributed by atoms with Crippen LogP contribution in [0, 0.1) is 0 Å². The third-order valence-corrected chi connectivity index (χ3v) is 3.14. The number of carbonyl (C=O) groups excluding carboxylic acids is 1. The average Bonchev–Trinajstić information content (AvgIpc) is 2.74. The van der Waals surface area contributed by atoms with Gasteiger partial charge >= 0.3 is 0 Å². The number of amides is 1. The normalized spacial score (nSPS) is 10.3. The second-order valence-corrected chi connectivity index (χ2v) is 4.66. The van der Waals surface area contributed by atoms with Gasteiger partial charge in [0.1, 0.15) is 5.75 Å². The second kappa shape index (κ2) is 5.27. The molecule has 1 amide bonds. The third-order valence-electron chi connectivity index (χ3n) is 2.53. The number of benzene rings is 1. The molecule has 1 aromatic heterocycles. The summed E-state index contributed by atoms with van der Waals surface area (Å²) >= 11 is 3.18. The first-order chi connectivity index (χ1) is 8.58. The molecule has 0 aliphatic rings. The predicted octanol–water partition coefficient (Wildman–Crippen LogP) is 3.02. The lowest BCUT2D eigenvalue weighted by atomic mass is 10.2. The van der Waals surface area contributed by atoms with Crippen molar-refractivity contribution in [1.82, 2.24) is 4.90 Å². The van der Waals surface area contributed by atoms with E-state index in [0.717, 1.165) is 5.56 Å². The molecule has 0 aliphatic heterocycles. The Hall–Kier alpha value is -1.75. The Kier molecular flexibility index (Phi) is 3.72. The van der Waals surface area contributed by atoms with Gasteiger partial charge in [-0.25, -0.2) is 0 Å². The first kappa shape index (κ1) is 12.7.